The summed E-state index contributed by atoms with van der Waals surface area (Å²) in [6, 6.07) is 5.26. The number of nitrogens with one attached hydrogen (secondary N) is 1. The van der Waals surface area contributed by atoms with Crippen LogP contribution in [0.25, 0.3) is 0 Å². The predicted molar refractivity (Wildman–Crippen MR) is 69.9 cm³/mol. The Labute approximate surface area is 112 Å². The van der Waals surface area contributed by atoms with Gasteiger partial charge in [0.25, 0.3) is 5.91 Å². The van der Waals surface area contributed by atoms with Crippen LogP contribution in [0.1, 0.15) is 35.2 Å². The molecule has 5 heteroatoms. The topological polar surface area (TPSA) is 56.8 Å². The van der Waals surface area contributed by atoms with E-state index in [0.717, 1.165) is 24.8 Å². The number of ether oxygens (including phenoxy) is 2. The first-order valence-electron chi connectivity index (χ1n) is 6.43. The van der Waals surface area contributed by atoms with Crippen molar-refractivity contribution in [2.75, 3.05) is 13.7 Å². The predicted octanol–water partition coefficient (Wildman–Crippen LogP) is 2.19. The van der Waals surface area contributed by atoms with Gasteiger partial charge >= 0.3 is 0 Å². The van der Waals surface area contributed by atoms with Crippen LogP contribution in [0, 0.1) is 6.92 Å². The fourth-order valence-corrected chi connectivity index (χ4v) is 1.94. The van der Waals surface area contributed by atoms with Crippen molar-refractivity contribution in [1.29, 1.82) is 0 Å². The molecule has 1 aromatic carbocycles. The molecule has 0 spiro atoms. The van der Waals surface area contributed by atoms with Crippen LogP contribution in [-0.4, -0.2) is 25.9 Å². The van der Waals surface area contributed by atoms with E-state index in [9.17, 15) is 4.79 Å². The first-order valence-corrected chi connectivity index (χ1v) is 6.43. The lowest BCUT2D eigenvalue weighted by molar-refractivity contribution is -0.186. The van der Waals surface area contributed by atoms with E-state index in [-0.39, 0.29) is 12.2 Å². The van der Waals surface area contributed by atoms with Crippen LogP contribution >= 0.6 is 0 Å². The van der Waals surface area contributed by atoms with E-state index in [1.165, 1.54) is 0 Å². The first kappa shape index (κ1) is 13.8. The van der Waals surface area contributed by atoms with Crippen LogP contribution in [0.4, 0.5) is 0 Å². The summed E-state index contributed by atoms with van der Waals surface area (Å²) in [7, 11) is 1.58. The minimum atomic E-state index is -0.343. The molecule has 0 aliphatic carbocycles. The normalized spacial score (nSPS) is 18.9. The number of hydroxylamine groups is 1. The van der Waals surface area contributed by atoms with Gasteiger partial charge in [0, 0.05) is 18.6 Å². The molecule has 2 rings (SSSR count). The maximum Gasteiger partial charge on any atom is 0.275 e. The highest BCUT2D eigenvalue weighted by atomic mass is 16.8. The zero-order valence-corrected chi connectivity index (χ0v) is 11.3. The lowest BCUT2D eigenvalue weighted by Gasteiger charge is -2.22. The molecule has 1 aromatic rings. The Morgan fingerprint density at radius 2 is 2.26 bits per heavy atom. The molecular formula is C14H19NO4. The van der Waals surface area contributed by atoms with Gasteiger partial charge in [0.1, 0.15) is 5.75 Å². The average molecular weight is 265 g/mol. The lowest BCUT2D eigenvalue weighted by Crippen LogP contribution is -2.33. The summed E-state index contributed by atoms with van der Waals surface area (Å²) in [5.41, 5.74) is 3.90. The summed E-state index contributed by atoms with van der Waals surface area (Å²) in [5, 5.41) is 0. The minimum Gasteiger partial charge on any atom is -0.496 e. The van der Waals surface area contributed by atoms with E-state index in [2.05, 4.69) is 5.48 Å². The second-order valence-corrected chi connectivity index (χ2v) is 4.53. The molecule has 0 unspecified atom stereocenters. The van der Waals surface area contributed by atoms with E-state index < -0.39 is 0 Å². The zero-order chi connectivity index (χ0) is 13.7. The highest BCUT2D eigenvalue weighted by molar-refractivity contribution is 5.94. The van der Waals surface area contributed by atoms with Crippen molar-refractivity contribution in [3.63, 3.8) is 0 Å². The SMILES string of the molecule is COc1cc(C(=O)NO[C@@H]2CCCCO2)ccc1C. The van der Waals surface area contributed by atoms with Gasteiger partial charge in [-0.2, -0.15) is 0 Å². The van der Waals surface area contributed by atoms with E-state index in [0.29, 0.717) is 17.9 Å². The van der Waals surface area contributed by atoms with Gasteiger partial charge in [-0.15, -0.1) is 0 Å². The number of hydrogen-bond donors (Lipinski definition) is 1. The summed E-state index contributed by atoms with van der Waals surface area (Å²) in [5.74, 6) is 0.383. The van der Waals surface area contributed by atoms with Gasteiger partial charge in [-0.1, -0.05) is 6.07 Å². The molecule has 0 saturated carbocycles. The van der Waals surface area contributed by atoms with Gasteiger partial charge in [0.15, 0.2) is 6.29 Å². The molecular weight excluding hydrogens is 246 g/mol. The Bertz CT molecular complexity index is 441. The van der Waals surface area contributed by atoms with Crippen LogP contribution in [0.15, 0.2) is 18.2 Å². The number of aryl methyl sites for hydroxylation is 1. The molecule has 1 heterocycles. The standard InChI is InChI=1S/C14H19NO4/c1-10-6-7-11(9-12(10)17-2)14(16)15-19-13-5-3-4-8-18-13/h6-7,9,13H,3-5,8H2,1-2H3,(H,15,16)/t13-/m1/s1. The van der Waals surface area contributed by atoms with Crippen molar-refractivity contribution < 1.29 is 19.1 Å². The Kier molecular flexibility index (Phi) is 4.76. The van der Waals surface area contributed by atoms with E-state index in [4.69, 9.17) is 14.3 Å². The van der Waals surface area contributed by atoms with Crippen molar-refractivity contribution >= 4 is 5.91 Å². The number of rotatable bonds is 4. The molecule has 1 atom stereocenters. The Morgan fingerprint density at radius 3 is 2.95 bits per heavy atom. The fourth-order valence-electron chi connectivity index (χ4n) is 1.94. The van der Waals surface area contributed by atoms with Crippen molar-refractivity contribution in [2.24, 2.45) is 0 Å². The molecule has 1 saturated heterocycles. The van der Waals surface area contributed by atoms with Crippen LogP contribution in [0.5, 0.6) is 5.75 Å². The summed E-state index contributed by atoms with van der Waals surface area (Å²) < 4.78 is 10.6. The largest absolute Gasteiger partial charge is 0.496 e. The second kappa shape index (κ2) is 6.54. The minimum absolute atomic E-state index is 0.299. The number of carbonyl (C=O) groups is 1. The molecule has 104 valence electrons. The molecule has 1 amide bonds. The number of amides is 1. The third-order valence-electron chi connectivity index (χ3n) is 3.09. The molecule has 0 aromatic heterocycles. The molecule has 1 fully saturated rings. The summed E-state index contributed by atoms with van der Waals surface area (Å²) in [4.78, 5) is 17.2. The molecule has 1 N–H and O–H groups in total. The average Bonchev–Trinajstić information content (AvgIpc) is 2.46. The van der Waals surface area contributed by atoms with Gasteiger partial charge in [-0.3, -0.25) is 4.79 Å². The van der Waals surface area contributed by atoms with Gasteiger partial charge in [0.05, 0.1) is 7.11 Å². The van der Waals surface area contributed by atoms with Crippen molar-refractivity contribution in [1.82, 2.24) is 5.48 Å². The highest BCUT2D eigenvalue weighted by Crippen LogP contribution is 2.19. The molecule has 5 nitrogen and oxygen atoms in total. The molecule has 1 aliphatic heterocycles. The molecule has 19 heavy (non-hydrogen) atoms. The summed E-state index contributed by atoms with van der Waals surface area (Å²) >= 11 is 0. The third kappa shape index (κ3) is 3.68. The number of methoxy groups -OCH3 is 1. The number of benzene rings is 1. The zero-order valence-electron chi connectivity index (χ0n) is 11.3. The Hall–Kier alpha value is -1.59. The van der Waals surface area contributed by atoms with E-state index >= 15 is 0 Å². The molecule has 0 radical (unpaired) electrons. The van der Waals surface area contributed by atoms with Gasteiger partial charge in [0.2, 0.25) is 0 Å². The maximum atomic E-state index is 11.9. The van der Waals surface area contributed by atoms with Crippen molar-refractivity contribution in [3.8, 4) is 5.75 Å². The summed E-state index contributed by atoms with van der Waals surface area (Å²) in [6.45, 7) is 2.60. The second-order valence-electron chi connectivity index (χ2n) is 4.53. The quantitative estimate of drug-likeness (QED) is 0.848. The van der Waals surface area contributed by atoms with Crippen molar-refractivity contribution in [3.05, 3.63) is 29.3 Å². The van der Waals surface area contributed by atoms with Crippen molar-refractivity contribution in [2.45, 2.75) is 32.5 Å². The lowest BCUT2D eigenvalue weighted by atomic mass is 10.1. The molecule has 0 bridgehead atoms. The van der Waals surface area contributed by atoms with E-state index in [1.807, 2.05) is 13.0 Å². The number of carbonyl (C=O) groups excluding carboxylic acids is 1. The van der Waals surface area contributed by atoms with Gasteiger partial charge in [-0.05, 0) is 37.5 Å². The highest BCUT2D eigenvalue weighted by Gasteiger charge is 2.16. The smallest absolute Gasteiger partial charge is 0.275 e. The fraction of sp³-hybridized carbons (Fsp3) is 0.500. The van der Waals surface area contributed by atoms with Crippen LogP contribution < -0.4 is 10.2 Å². The van der Waals surface area contributed by atoms with Gasteiger partial charge < -0.3 is 9.47 Å². The van der Waals surface area contributed by atoms with Gasteiger partial charge in [-0.25, -0.2) is 10.3 Å². The first-order chi connectivity index (χ1) is 9.20. The van der Waals surface area contributed by atoms with Crippen LogP contribution in [0.3, 0.4) is 0 Å². The van der Waals surface area contributed by atoms with Crippen LogP contribution in [0.2, 0.25) is 0 Å². The third-order valence-corrected chi connectivity index (χ3v) is 3.09. The Morgan fingerprint density at radius 1 is 1.42 bits per heavy atom. The van der Waals surface area contributed by atoms with E-state index in [1.54, 1.807) is 19.2 Å². The number of hydrogen-bond acceptors (Lipinski definition) is 4. The monoisotopic (exact) mass is 265 g/mol. The molecule has 1 aliphatic rings. The van der Waals surface area contributed by atoms with Crippen LogP contribution in [-0.2, 0) is 9.57 Å². The Balaban J connectivity index is 1.92. The maximum absolute atomic E-state index is 11.9. The summed E-state index contributed by atoms with van der Waals surface area (Å²) in [6.07, 6.45) is 2.56.